The minimum Gasteiger partial charge on any atom is -0.362 e. The monoisotopic (exact) mass is 412 g/mol. The number of aromatic nitrogens is 1. The van der Waals surface area contributed by atoms with Crippen LogP contribution in [0.2, 0.25) is 0 Å². The van der Waals surface area contributed by atoms with Gasteiger partial charge in [0.25, 0.3) is 5.91 Å². The van der Waals surface area contributed by atoms with Gasteiger partial charge in [-0.1, -0.05) is 6.07 Å². The molecule has 1 saturated heterocycles. The van der Waals surface area contributed by atoms with Crippen molar-refractivity contribution in [2.75, 3.05) is 36.9 Å². The zero-order valence-corrected chi connectivity index (χ0v) is 16.8. The normalized spacial score (nSPS) is 14.9. The van der Waals surface area contributed by atoms with E-state index in [2.05, 4.69) is 10.3 Å². The molecule has 0 saturated carbocycles. The van der Waals surface area contributed by atoms with Gasteiger partial charge in [-0.25, -0.2) is 8.78 Å². The van der Waals surface area contributed by atoms with E-state index in [1.54, 1.807) is 29.0 Å². The maximum atomic E-state index is 14.3. The highest BCUT2D eigenvalue weighted by Crippen LogP contribution is 2.25. The molecular weight excluding hydrogens is 390 g/mol. The first kappa shape index (κ1) is 19.9. The number of carbonyl (C=O) groups excluding carboxylic acids is 2. The second-order valence-electron chi connectivity index (χ2n) is 7.58. The van der Waals surface area contributed by atoms with Crippen LogP contribution in [0.4, 0.5) is 20.2 Å². The second kappa shape index (κ2) is 7.78. The first-order valence-corrected chi connectivity index (χ1v) is 9.70. The molecule has 1 aliphatic rings. The Hall–Kier alpha value is -3.42. The van der Waals surface area contributed by atoms with E-state index < -0.39 is 17.5 Å². The van der Waals surface area contributed by atoms with E-state index in [-0.39, 0.29) is 23.8 Å². The Morgan fingerprint density at radius 2 is 1.93 bits per heavy atom. The SMILES string of the molecule is Cc1ccc(F)c2cc(C(=O)Nc3cc(F)cc(N4CCCN(C)C(=O)C4)c3)[nH]c12. The Morgan fingerprint density at radius 3 is 2.70 bits per heavy atom. The third kappa shape index (κ3) is 3.85. The number of nitrogens with zero attached hydrogens (tertiary/aromatic N) is 2. The van der Waals surface area contributed by atoms with Crippen molar-refractivity contribution in [1.82, 2.24) is 9.88 Å². The Bertz CT molecular complexity index is 1100. The average molecular weight is 412 g/mol. The average Bonchev–Trinajstić information content (AvgIpc) is 3.09. The maximum Gasteiger partial charge on any atom is 0.272 e. The topological polar surface area (TPSA) is 68.4 Å². The molecule has 1 aromatic heterocycles. The van der Waals surface area contributed by atoms with Crippen LogP contribution >= 0.6 is 0 Å². The summed E-state index contributed by atoms with van der Waals surface area (Å²) in [5, 5.41) is 2.99. The van der Waals surface area contributed by atoms with Crippen LogP contribution in [0.1, 0.15) is 22.5 Å². The summed E-state index contributed by atoms with van der Waals surface area (Å²) in [4.78, 5) is 31.2. The molecule has 0 unspecified atom stereocenters. The van der Waals surface area contributed by atoms with Crippen molar-refractivity contribution >= 4 is 34.1 Å². The number of nitrogens with one attached hydrogen (secondary N) is 2. The second-order valence-corrected chi connectivity index (χ2v) is 7.58. The van der Waals surface area contributed by atoms with Gasteiger partial charge in [0, 0.05) is 36.9 Å². The van der Waals surface area contributed by atoms with Gasteiger partial charge in [0.1, 0.15) is 17.3 Å². The first-order chi connectivity index (χ1) is 14.3. The molecule has 2 aromatic carbocycles. The van der Waals surface area contributed by atoms with Gasteiger partial charge in [-0.05, 0) is 49.2 Å². The fourth-order valence-electron chi connectivity index (χ4n) is 3.68. The number of carbonyl (C=O) groups is 2. The fourth-order valence-corrected chi connectivity index (χ4v) is 3.68. The molecule has 2 N–H and O–H groups in total. The van der Waals surface area contributed by atoms with Crippen molar-refractivity contribution in [3.05, 3.63) is 59.3 Å². The van der Waals surface area contributed by atoms with Gasteiger partial charge >= 0.3 is 0 Å². The molecule has 2 amide bonds. The lowest BCUT2D eigenvalue weighted by Gasteiger charge is -2.22. The van der Waals surface area contributed by atoms with Crippen LogP contribution in [0.25, 0.3) is 10.9 Å². The Balaban J connectivity index is 1.59. The van der Waals surface area contributed by atoms with Gasteiger partial charge in [0.2, 0.25) is 5.91 Å². The van der Waals surface area contributed by atoms with Crippen molar-refractivity contribution < 1.29 is 18.4 Å². The fraction of sp³-hybridized carbons (Fsp3) is 0.273. The lowest BCUT2D eigenvalue weighted by atomic mass is 10.1. The Morgan fingerprint density at radius 1 is 1.13 bits per heavy atom. The number of aryl methyl sites for hydroxylation is 1. The molecule has 1 aliphatic heterocycles. The molecule has 0 bridgehead atoms. The molecule has 6 nitrogen and oxygen atoms in total. The molecule has 0 atom stereocenters. The summed E-state index contributed by atoms with van der Waals surface area (Å²) in [5.74, 6) is -1.49. The number of amides is 2. The number of hydrogen-bond acceptors (Lipinski definition) is 3. The molecule has 8 heteroatoms. The highest BCUT2D eigenvalue weighted by molar-refractivity contribution is 6.06. The lowest BCUT2D eigenvalue weighted by molar-refractivity contribution is -0.127. The number of H-pyrrole nitrogens is 1. The molecule has 2 heterocycles. The van der Waals surface area contributed by atoms with Crippen molar-refractivity contribution in [2.45, 2.75) is 13.3 Å². The minimum atomic E-state index is -0.522. The number of halogens is 2. The van der Waals surface area contributed by atoms with E-state index in [9.17, 15) is 18.4 Å². The van der Waals surface area contributed by atoms with Gasteiger partial charge in [0.15, 0.2) is 0 Å². The van der Waals surface area contributed by atoms with Gasteiger partial charge in [0.05, 0.1) is 12.1 Å². The van der Waals surface area contributed by atoms with Crippen LogP contribution in [0, 0.1) is 18.6 Å². The Kier molecular flexibility index (Phi) is 5.15. The number of rotatable bonds is 3. The van der Waals surface area contributed by atoms with Gasteiger partial charge in [-0.2, -0.15) is 0 Å². The smallest absolute Gasteiger partial charge is 0.272 e. The van der Waals surface area contributed by atoms with Crippen molar-refractivity contribution in [2.24, 2.45) is 0 Å². The van der Waals surface area contributed by atoms with E-state index in [0.717, 1.165) is 12.0 Å². The van der Waals surface area contributed by atoms with Gasteiger partial charge in [-0.15, -0.1) is 0 Å². The maximum absolute atomic E-state index is 14.3. The van der Waals surface area contributed by atoms with Gasteiger partial charge < -0.3 is 20.1 Å². The van der Waals surface area contributed by atoms with Gasteiger partial charge in [-0.3, -0.25) is 9.59 Å². The largest absolute Gasteiger partial charge is 0.362 e. The Labute approximate surface area is 172 Å². The summed E-state index contributed by atoms with van der Waals surface area (Å²) in [6, 6.07) is 8.61. The third-order valence-electron chi connectivity index (χ3n) is 5.37. The third-order valence-corrected chi connectivity index (χ3v) is 5.37. The van der Waals surface area contributed by atoms with Crippen LogP contribution in [0.5, 0.6) is 0 Å². The molecule has 156 valence electrons. The number of fused-ring (bicyclic) bond motifs is 1. The van der Waals surface area contributed by atoms with Crippen molar-refractivity contribution in [3.8, 4) is 0 Å². The molecule has 3 aromatic rings. The zero-order chi connectivity index (χ0) is 21.4. The highest BCUT2D eigenvalue weighted by Gasteiger charge is 2.20. The van der Waals surface area contributed by atoms with E-state index in [1.165, 1.54) is 24.3 Å². The molecule has 30 heavy (non-hydrogen) atoms. The standard InChI is InChI=1S/C22H22F2N4O2/c1-13-4-5-18(24)17-11-19(26-21(13)17)22(30)25-15-8-14(23)9-16(10-15)28-7-3-6-27(2)20(29)12-28/h4-5,8-11,26H,3,6-7,12H2,1-2H3,(H,25,30). The van der Waals surface area contributed by atoms with Crippen LogP contribution in [0.15, 0.2) is 36.4 Å². The molecule has 0 radical (unpaired) electrons. The number of benzene rings is 2. The number of hydrogen-bond donors (Lipinski definition) is 2. The summed E-state index contributed by atoms with van der Waals surface area (Å²) in [6.45, 7) is 3.21. The predicted molar refractivity (Wildman–Crippen MR) is 112 cm³/mol. The van der Waals surface area contributed by atoms with E-state index in [0.29, 0.717) is 29.7 Å². The summed E-state index contributed by atoms with van der Waals surface area (Å²) in [5.41, 5.74) is 2.32. The zero-order valence-electron chi connectivity index (χ0n) is 16.8. The highest BCUT2D eigenvalue weighted by atomic mass is 19.1. The summed E-state index contributed by atoms with van der Waals surface area (Å²) < 4.78 is 28.3. The first-order valence-electron chi connectivity index (χ1n) is 9.70. The summed E-state index contributed by atoms with van der Waals surface area (Å²) in [7, 11) is 1.74. The van der Waals surface area contributed by atoms with Crippen LogP contribution in [0.3, 0.4) is 0 Å². The molecular formula is C22H22F2N4O2. The lowest BCUT2D eigenvalue weighted by Crippen LogP contribution is -2.34. The van der Waals surface area contributed by atoms with Crippen LogP contribution in [-0.2, 0) is 4.79 Å². The number of aromatic amines is 1. The molecule has 1 fully saturated rings. The molecule has 0 spiro atoms. The number of likely N-dealkylation sites (N-methyl/N-ethyl adjacent to an activating group) is 1. The van der Waals surface area contributed by atoms with Crippen LogP contribution in [-0.4, -0.2) is 48.4 Å². The van der Waals surface area contributed by atoms with Crippen molar-refractivity contribution in [3.63, 3.8) is 0 Å². The minimum absolute atomic E-state index is 0.0437. The van der Waals surface area contributed by atoms with E-state index >= 15 is 0 Å². The predicted octanol–water partition coefficient (Wildman–Crippen LogP) is 3.68. The van der Waals surface area contributed by atoms with Crippen LogP contribution < -0.4 is 10.2 Å². The molecule has 0 aliphatic carbocycles. The summed E-state index contributed by atoms with van der Waals surface area (Å²) in [6.07, 6.45) is 0.764. The van der Waals surface area contributed by atoms with E-state index in [1.807, 2.05) is 6.92 Å². The summed E-state index contributed by atoms with van der Waals surface area (Å²) >= 11 is 0. The number of anilines is 2. The molecule has 4 rings (SSSR count). The van der Waals surface area contributed by atoms with E-state index in [4.69, 9.17) is 0 Å². The van der Waals surface area contributed by atoms with Crippen molar-refractivity contribution in [1.29, 1.82) is 0 Å². The quantitative estimate of drug-likeness (QED) is 0.690.